The Kier molecular flexibility index (Phi) is 7.78. The van der Waals surface area contributed by atoms with E-state index in [-0.39, 0.29) is 5.56 Å². The summed E-state index contributed by atoms with van der Waals surface area (Å²) < 4.78 is 10.2. The number of hydrogen-bond donors (Lipinski definition) is 3. The molecule has 0 aliphatic rings. The number of ether oxygens (including phenoxy) is 2. The lowest BCUT2D eigenvalue weighted by molar-refractivity contribution is -0.127. The van der Waals surface area contributed by atoms with Crippen LogP contribution in [-0.4, -0.2) is 38.0 Å². The Balaban J connectivity index is 1.87. The molecule has 8 heteroatoms. The zero-order valence-corrected chi connectivity index (χ0v) is 16.4. The summed E-state index contributed by atoms with van der Waals surface area (Å²) in [6, 6.07) is 13.1. The maximum absolute atomic E-state index is 12.3. The molecule has 2 aromatic carbocycles. The van der Waals surface area contributed by atoms with Gasteiger partial charge in [0.25, 0.3) is 11.8 Å². The number of nitrogens with one attached hydrogen (secondary N) is 3. The highest BCUT2D eigenvalue weighted by atomic mass is 16.5. The van der Waals surface area contributed by atoms with Gasteiger partial charge in [0.15, 0.2) is 0 Å². The van der Waals surface area contributed by atoms with Gasteiger partial charge >= 0.3 is 0 Å². The van der Waals surface area contributed by atoms with E-state index in [0.29, 0.717) is 11.5 Å². The average molecular weight is 397 g/mol. The monoisotopic (exact) mass is 397 g/mol. The second-order valence-corrected chi connectivity index (χ2v) is 6.02. The van der Waals surface area contributed by atoms with Crippen molar-refractivity contribution in [1.29, 1.82) is 0 Å². The van der Waals surface area contributed by atoms with E-state index < -0.39 is 23.8 Å². The largest absolute Gasteiger partial charge is 0.497 e. The molecule has 29 heavy (non-hydrogen) atoms. The van der Waals surface area contributed by atoms with Gasteiger partial charge in [-0.1, -0.05) is 30.3 Å². The van der Waals surface area contributed by atoms with Crippen LogP contribution in [0.25, 0.3) is 6.08 Å². The predicted octanol–water partition coefficient (Wildman–Crippen LogP) is 1.68. The van der Waals surface area contributed by atoms with E-state index in [2.05, 4.69) is 16.2 Å². The molecule has 0 aromatic heterocycles. The van der Waals surface area contributed by atoms with Crippen LogP contribution >= 0.6 is 0 Å². The van der Waals surface area contributed by atoms with Gasteiger partial charge < -0.3 is 14.8 Å². The summed E-state index contributed by atoms with van der Waals surface area (Å²) in [5.41, 5.74) is 5.67. The first-order chi connectivity index (χ1) is 13.9. The molecule has 0 radical (unpaired) electrons. The summed E-state index contributed by atoms with van der Waals surface area (Å²) >= 11 is 0. The van der Waals surface area contributed by atoms with E-state index in [9.17, 15) is 14.4 Å². The van der Waals surface area contributed by atoms with Crippen LogP contribution in [0.3, 0.4) is 0 Å². The topological polar surface area (TPSA) is 106 Å². The minimum atomic E-state index is -0.858. The Hall–Kier alpha value is -3.81. The highest BCUT2D eigenvalue weighted by molar-refractivity contribution is 5.98. The van der Waals surface area contributed by atoms with Gasteiger partial charge in [-0.25, -0.2) is 0 Å². The van der Waals surface area contributed by atoms with Crippen molar-refractivity contribution in [2.75, 3.05) is 14.2 Å². The van der Waals surface area contributed by atoms with Crippen molar-refractivity contribution >= 4 is 23.8 Å². The zero-order chi connectivity index (χ0) is 21.2. The Labute approximate surface area is 168 Å². The minimum Gasteiger partial charge on any atom is -0.497 e. The smallest absolute Gasteiger partial charge is 0.269 e. The summed E-state index contributed by atoms with van der Waals surface area (Å²) in [6.45, 7) is 1.50. The first-order valence-electron chi connectivity index (χ1n) is 8.80. The molecule has 0 fully saturated rings. The molecule has 0 unspecified atom stereocenters. The van der Waals surface area contributed by atoms with E-state index in [1.807, 2.05) is 30.3 Å². The molecule has 3 N–H and O–H groups in total. The Morgan fingerprint density at radius 1 is 0.931 bits per heavy atom. The summed E-state index contributed by atoms with van der Waals surface area (Å²) in [5.74, 6) is -0.689. The third kappa shape index (κ3) is 6.69. The van der Waals surface area contributed by atoms with Gasteiger partial charge in [0.1, 0.15) is 17.5 Å². The highest BCUT2D eigenvalue weighted by Crippen LogP contribution is 2.22. The Morgan fingerprint density at radius 3 is 2.14 bits per heavy atom. The van der Waals surface area contributed by atoms with E-state index in [1.54, 1.807) is 12.1 Å². The number of amides is 3. The molecule has 3 amide bonds. The molecule has 2 rings (SSSR count). The second-order valence-electron chi connectivity index (χ2n) is 6.02. The Morgan fingerprint density at radius 2 is 1.55 bits per heavy atom. The minimum absolute atomic E-state index is 0.240. The number of carbonyl (C=O) groups is 3. The molecule has 1 atom stereocenters. The lowest BCUT2D eigenvalue weighted by Crippen LogP contribution is -2.50. The molecular weight excluding hydrogens is 374 g/mol. The molecular formula is C21H23N3O5. The molecule has 0 heterocycles. The molecule has 0 aliphatic carbocycles. The summed E-state index contributed by atoms with van der Waals surface area (Å²) in [7, 11) is 2.93. The van der Waals surface area contributed by atoms with Crippen molar-refractivity contribution in [3.05, 3.63) is 65.7 Å². The zero-order valence-electron chi connectivity index (χ0n) is 16.4. The van der Waals surface area contributed by atoms with Crippen molar-refractivity contribution in [1.82, 2.24) is 16.2 Å². The second kappa shape index (κ2) is 10.5. The maximum Gasteiger partial charge on any atom is 0.269 e. The summed E-state index contributed by atoms with van der Waals surface area (Å²) in [6.07, 6.45) is 2.97. The van der Waals surface area contributed by atoms with Crippen LogP contribution < -0.4 is 25.6 Å². The molecule has 8 nitrogen and oxygen atoms in total. The maximum atomic E-state index is 12.3. The fraction of sp³-hybridized carbons (Fsp3) is 0.190. The fourth-order valence-corrected chi connectivity index (χ4v) is 2.30. The summed E-state index contributed by atoms with van der Waals surface area (Å²) in [5, 5.41) is 2.52. The number of hydrazine groups is 1. The quantitative estimate of drug-likeness (QED) is 0.487. The van der Waals surface area contributed by atoms with E-state index in [0.717, 1.165) is 5.56 Å². The van der Waals surface area contributed by atoms with E-state index >= 15 is 0 Å². The highest BCUT2D eigenvalue weighted by Gasteiger charge is 2.16. The predicted molar refractivity (Wildman–Crippen MR) is 108 cm³/mol. The molecule has 0 aliphatic heterocycles. The molecule has 2 aromatic rings. The Bertz CT molecular complexity index is 874. The lowest BCUT2D eigenvalue weighted by atomic mass is 10.2. The lowest BCUT2D eigenvalue weighted by Gasteiger charge is -2.14. The van der Waals surface area contributed by atoms with Crippen LogP contribution in [0.4, 0.5) is 0 Å². The van der Waals surface area contributed by atoms with Crippen LogP contribution in [0.15, 0.2) is 54.6 Å². The normalized spacial score (nSPS) is 11.4. The van der Waals surface area contributed by atoms with Gasteiger partial charge in [-0.2, -0.15) is 0 Å². The molecule has 0 saturated heterocycles. The average Bonchev–Trinajstić information content (AvgIpc) is 2.75. The molecule has 0 bridgehead atoms. The number of benzene rings is 2. The van der Waals surface area contributed by atoms with Gasteiger partial charge in [-0.05, 0) is 30.7 Å². The van der Waals surface area contributed by atoms with Gasteiger partial charge in [-0.15, -0.1) is 0 Å². The molecule has 0 spiro atoms. The molecule has 0 saturated carbocycles. The van der Waals surface area contributed by atoms with Gasteiger partial charge in [0.2, 0.25) is 5.91 Å². The number of rotatable bonds is 7. The number of hydrogen-bond acceptors (Lipinski definition) is 5. The van der Waals surface area contributed by atoms with Crippen LogP contribution in [0, 0.1) is 0 Å². The molecule has 152 valence electrons. The third-order valence-electron chi connectivity index (χ3n) is 3.89. The first kappa shape index (κ1) is 21.5. The van der Waals surface area contributed by atoms with Crippen molar-refractivity contribution in [3.8, 4) is 11.5 Å². The van der Waals surface area contributed by atoms with Crippen LogP contribution in [-0.2, 0) is 9.59 Å². The van der Waals surface area contributed by atoms with Gasteiger partial charge in [0.05, 0.1) is 14.2 Å². The van der Waals surface area contributed by atoms with Crippen LogP contribution in [0.5, 0.6) is 11.5 Å². The number of carbonyl (C=O) groups excluding carboxylic acids is 3. The van der Waals surface area contributed by atoms with E-state index in [4.69, 9.17) is 9.47 Å². The van der Waals surface area contributed by atoms with Gasteiger partial charge in [-0.3, -0.25) is 25.2 Å². The van der Waals surface area contributed by atoms with Crippen molar-refractivity contribution in [2.24, 2.45) is 0 Å². The SMILES string of the molecule is COc1cc(OC)cc(C(=O)NNC(=O)[C@H](C)NC(=O)/C=C/c2ccccc2)c1. The van der Waals surface area contributed by atoms with E-state index in [1.165, 1.54) is 39.4 Å². The fourth-order valence-electron chi connectivity index (χ4n) is 2.30. The van der Waals surface area contributed by atoms with Crippen LogP contribution in [0.1, 0.15) is 22.8 Å². The van der Waals surface area contributed by atoms with Crippen molar-refractivity contribution < 1.29 is 23.9 Å². The van der Waals surface area contributed by atoms with Crippen molar-refractivity contribution in [3.63, 3.8) is 0 Å². The van der Waals surface area contributed by atoms with Gasteiger partial charge in [0, 0.05) is 17.7 Å². The first-order valence-corrected chi connectivity index (χ1v) is 8.80. The number of methoxy groups -OCH3 is 2. The summed E-state index contributed by atoms with van der Waals surface area (Å²) in [4.78, 5) is 36.3. The standard InChI is InChI=1S/C21H23N3O5/c1-14(22-19(25)10-9-15-7-5-4-6-8-15)20(26)23-24-21(27)16-11-17(28-2)13-18(12-16)29-3/h4-14H,1-3H3,(H,22,25)(H,23,26)(H,24,27)/b10-9+/t14-/m0/s1. The van der Waals surface area contributed by atoms with Crippen molar-refractivity contribution in [2.45, 2.75) is 13.0 Å². The third-order valence-corrected chi connectivity index (χ3v) is 3.89. The van der Waals surface area contributed by atoms with Crippen LogP contribution in [0.2, 0.25) is 0 Å².